The summed E-state index contributed by atoms with van der Waals surface area (Å²) in [5.74, 6) is 0.582. The minimum atomic E-state index is 0.582. The van der Waals surface area contributed by atoms with Crippen LogP contribution in [0.15, 0.2) is 22.8 Å². The average Bonchev–Trinajstić information content (AvgIpc) is 2.55. The Kier molecular flexibility index (Phi) is 2.76. The van der Waals surface area contributed by atoms with Crippen molar-refractivity contribution >= 4 is 21.7 Å². The van der Waals surface area contributed by atoms with Gasteiger partial charge in [0.2, 0.25) is 0 Å². The van der Waals surface area contributed by atoms with Crippen molar-refractivity contribution in [2.45, 2.75) is 20.8 Å². The number of hydrogen-bond donors (Lipinski definition) is 1. The molecule has 2 rings (SSSR count). The number of hydrogen-bond acceptors (Lipinski definition) is 2. The van der Waals surface area contributed by atoms with Gasteiger partial charge in [-0.15, -0.1) is 0 Å². The molecule has 1 aromatic carbocycles. The van der Waals surface area contributed by atoms with Gasteiger partial charge in [-0.05, 0) is 44.0 Å². The molecule has 4 heteroatoms. The fraction of sp³-hybridized carbons (Fsp3) is 0.250. The van der Waals surface area contributed by atoms with Crippen LogP contribution in [0, 0.1) is 20.8 Å². The predicted octanol–water partition coefficient (Wildman–Crippen LogP) is 3.14. The lowest BCUT2D eigenvalue weighted by Gasteiger charge is -2.07. The van der Waals surface area contributed by atoms with Crippen LogP contribution in [-0.4, -0.2) is 9.78 Å². The van der Waals surface area contributed by atoms with E-state index in [-0.39, 0.29) is 0 Å². The maximum absolute atomic E-state index is 5.74. The summed E-state index contributed by atoms with van der Waals surface area (Å²) in [6.07, 6.45) is 1.94. The molecular formula is C12H14BrN3. The highest BCUT2D eigenvalue weighted by Crippen LogP contribution is 2.24. The first-order valence-electron chi connectivity index (χ1n) is 5.08. The number of aryl methyl sites for hydroxylation is 3. The van der Waals surface area contributed by atoms with Crippen LogP contribution in [0.1, 0.15) is 16.7 Å². The molecule has 0 bridgehead atoms. The molecule has 1 heterocycles. The number of benzene rings is 1. The second-order valence-corrected chi connectivity index (χ2v) is 4.83. The van der Waals surface area contributed by atoms with Crippen molar-refractivity contribution in [3.8, 4) is 5.69 Å². The van der Waals surface area contributed by atoms with Gasteiger partial charge in [-0.2, -0.15) is 5.10 Å². The number of rotatable bonds is 1. The highest BCUT2D eigenvalue weighted by atomic mass is 79.9. The highest BCUT2D eigenvalue weighted by Gasteiger charge is 2.06. The van der Waals surface area contributed by atoms with Crippen LogP contribution in [-0.2, 0) is 0 Å². The summed E-state index contributed by atoms with van der Waals surface area (Å²) >= 11 is 3.55. The van der Waals surface area contributed by atoms with E-state index in [4.69, 9.17) is 5.73 Å². The van der Waals surface area contributed by atoms with Gasteiger partial charge in [0.05, 0.1) is 5.69 Å². The van der Waals surface area contributed by atoms with Gasteiger partial charge in [-0.3, -0.25) is 0 Å². The fourth-order valence-electron chi connectivity index (χ4n) is 1.66. The van der Waals surface area contributed by atoms with Crippen molar-refractivity contribution < 1.29 is 0 Å². The monoisotopic (exact) mass is 279 g/mol. The van der Waals surface area contributed by atoms with Gasteiger partial charge < -0.3 is 5.73 Å². The molecular weight excluding hydrogens is 266 g/mol. The number of anilines is 1. The summed E-state index contributed by atoms with van der Waals surface area (Å²) in [6, 6.07) is 4.17. The Morgan fingerprint density at radius 3 is 2.12 bits per heavy atom. The SMILES string of the molecule is Cc1cn(-c2cc(C)c(Br)c(C)c2)nc1N. The van der Waals surface area contributed by atoms with E-state index in [1.807, 2.05) is 17.8 Å². The Hall–Kier alpha value is -1.29. The van der Waals surface area contributed by atoms with Crippen molar-refractivity contribution in [1.29, 1.82) is 0 Å². The molecule has 0 aliphatic rings. The first-order chi connectivity index (χ1) is 7.49. The van der Waals surface area contributed by atoms with Crippen molar-refractivity contribution in [2.24, 2.45) is 0 Å². The summed E-state index contributed by atoms with van der Waals surface area (Å²) in [5, 5.41) is 4.27. The molecule has 84 valence electrons. The summed E-state index contributed by atoms with van der Waals surface area (Å²) in [7, 11) is 0. The van der Waals surface area contributed by atoms with E-state index in [1.165, 1.54) is 11.1 Å². The average molecular weight is 280 g/mol. The Morgan fingerprint density at radius 2 is 1.69 bits per heavy atom. The molecule has 3 nitrogen and oxygen atoms in total. The summed E-state index contributed by atoms with van der Waals surface area (Å²) < 4.78 is 2.96. The summed E-state index contributed by atoms with van der Waals surface area (Å²) in [6.45, 7) is 6.10. The first-order valence-corrected chi connectivity index (χ1v) is 5.87. The van der Waals surface area contributed by atoms with Crippen molar-refractivity contribution in [3.63, 3.8) is 0 Å². The molecule has 2 N–H and O–H groups in total. The Balaban J connectivity index is 2.56. The standard InChI is InChI=1S/C12H14BrN3/c1-7-4-10(5-8(2)11(7)13)16-6-9(3)12(14)15-16/h4-6H,1-3H3,(H2,14,15). The van der Waals surface area contributed by atoms with Crippen molar-refractivity contribution in [2.75, 3.05) is 5.73 Å². The molecule has 0 amide bonds. The number of nitrogen functional groups attached to an aromatic ring is 1. The first kappa shape index (κ1) is 11.2. The van der Waals surface area contributed by atoms with E-state index in [9.17, 15) is 0 Å². The van der Waals surface area contributed by atoms with E-state index in [1.54, 1.807) is 0 Å². The van der Waals surface area contributed by atoms with Crippen LogP contribution in [0.2, 0.25) is 0 Å². The van der Waals surface area contributed by atoms with E-state index < -0.39 is 0 Å². The van der Waals surface area contributed by atoms with Gasteiger partial charge in [-0.25, -0.2) is 4.68 Å². The molecule has 1 aromatic heterocycles. The Bertz CT molecular complexity index is 501. The van der Waals surface area contributed by atoms with E-state index >= 15 is 0 Å². The third-order valence-electron chi connectivity index (χ3n) is 2.62. The van der Waals surface area contributed by atoms with Crippen molar-refractivity contribution in [3.05, 3.63) is 39.5 Å². The lowest BCUT2D eigenvalue weighted by molar-refractivity contribution is 0.881. The summed E-state index contributed by atoms with van der Waals surface area (Å²) in [5.41, 5.74) is 10.2. The lowest BCUT2D eigenvalue weighted by atomic mass is 10.1. The number of halogens is 1. The predicted molar refractivity (Wildman–Crippen MR) is 69.9 cm³/mol. The molecule has 0 atom stereocenters. The zero-order chi connectivity index (χ0) is 11.9. The van der Waals surface area contributed by atoms with E-state index in [0.717, 1.165) is 15.7 Å². The third kappa shape index (κ3) is 1.85. The molecule has 0 radical (unpaired) electrons. The molecule has 2 aromatic rings. The van der Waals surface area contributed by atoms with Crippen LogP contribution in [0.4, 0.5) is 5.82 Å². The maximum Gasteiger partial charge on any atom is 0.148 e. The van der Waals surface area contributed by atoms with Gasteiger partial charge in [-0.1, -0.05) is 15.9 Å². The summed E-state index contributed by atoms with van der Waals surface area (Å²) in [4.78, 5) is 0. The number of aromatic nitrogens is 2. The fourth-order valence-corrected chi connectivity index (χ4v) is 1.89. The Labute approximate surface area is 103 Å². The molecule has 0 saturated heterocycles. The minimum absolute atomic E-state index is 0.582. The maximum atomic E-state index is 5.74. The van der Waals surface area contributed by atoms with Gasteiger partial charge in [0.15, 0.2) is 0 Å². The van der Waals surface area contributed by atoms with Crippen molar-refractivity contribution in [1.82, 2.24) is 9.78 Å². The van der Waals surface area contributed by atoms with Gasteiger partial charge in [0.1, 0.15) is 5.82 Å². The molecule has 0 aliphatic carbocycles. The minimum Gasteiger partial charge on any atom is -0.382 e. The second-order valence-electron chi connectivity index (χ2n) is 4.04. The quantitative estimate of drug-likeness (QED) is 0.872. The largest absolute Gasteiger partial charge is 0.382 e. The number of nitrogens with two attached hydrogens (primary N) is 1. The molecule has 0 unspecified atom stereocenters. The smallest absolute Gasteiger partial charge is 0.148 e. The zero-order valence-corrected chi connectivity index (χ0v) is 11.2. The van der Waals surface area contributed by atoms with Gasteiger partial charge >= 0.3 is 0 Å². The van der Waals surface area contributed by atoms with Crippen LogP contribution in [0.25, 0.3) is 5.69 Å². The normalized spacial score (nSPS) is 10.8. The van der Waals surface area contributed by atoms with Crippen LogP contribution in [0.3, 0.4) is 0 Å². The zero-order valence-electron chi connectivity index (χ0n) is 9.58. The second kappa shape index (κ2) is 3.94. The van der Waals surface area contributed by atoms with E-state index in [2.05, 4.69) is 47.0 Å². The molecule has 0 aliphatic heterocycles. The van der Waals surface area contributed by atoms with E-state index in [0.29, 0.717) is 5.82 Å². The third-order valence-corrected chi connectivity index (χ3v) is 3.87. The van der Waals surface area contributed by atoms with Crippen LogP contribution < -0.4 is 5.73 Å². The Morgan fingerprint density at radius 1 is 1.12 bits per heavy atom. The molecule has 0 fully saturated rings. The topological polar surface area (TPSA) is 43.8 Å². The van der Waals surface area contributed by atoms with Gasteiger partial charge in [0.25, 0.3) is 0 Å². The molecule has 0 spiro atoms. The van der Waals surface area contributed by atoms with Crippen LogP contribution >= 0.6 is 15.9 Å². The number of nitrogens with zero attached hydrogens (tertiary/aromatic N) is 2. The van der Waals surface area contributed by atoms with Crippen LogP contribution in [0.5, 0.6) is 0 Å². The lowest BCUT2D eigenvalue weighted by Crippen LogP contribution is -1.98. The van der Waals surface area contributed by atoms with Gasteiger partial charge in [0, 0.05) is 16.2 Å². The molecule has 0 saturated carbocycles. The molecule has 16 heavy (non-hydrogen) atoms. The highest BCUT2D eigenvalue weighted by molar-refractivity contribution is 9.10.